The first kappa shape index (κ1) is 23.7. The van der Waals surface area contributed by atoms with Crippen LogP contribution in [-0.4, -0.2) is 77.4 Å². The van der Waals surface area contributed by atoms with Crippen molar-refractivity contribution in [2.75, 3.05) is 7.05 Å². The number of rotatable bonds is 0. The van der Waals surface area contributed by atoms with Crippen molar-refractivity contribution in [1.29, 1.82) is 0 Å². The molecule has 0 aromatic heterocycles. The second-order valence-corrected chi connectivity index (χ2v) is 16.1. The molecule has 5 saturated heterocycles. The fraction of sp³-hybridized carbons (Fsp3) is 0.680. The van der Waals surface area contributed by atoms with Gasteiger partial charge in [0.1, 0.15) is 0 Å². The largest absolute Gasteiger partial charge is 0.306 e. The molecule has 9 aliphatic rings. The van der Waals surface area contributed by atoms with Gasteiger partial charge in [-0.15, -0.1) is 47.0 Å². The monoisotopic (exact) mass is 575 g/mol. The van der Waals surface area contributed by atoms with E-state index in [-0.39, 0.29) is 37.0 Å². The topological polar surface area (TPSA) is 88.7 Å². The van der Waals surface area contributed by atoms with E-state index < -0.39 is 0 Å². The van der Waals surface area contributed by atoms with Crippen molar-refractivity contribution in [2.45, 2.75) is 70.3 Å². The standard InChI is InChI=1S/C25H34N8S4/c1-33-24-13-5-9-37-17(13)25(33)31-20-12-4-8-35-15(12)22(30-20)27-18-10-2-6-34-14(10)21(26-18)28-19-11-3-7-36-16(11)23(29-19)32-24/h2-32H,1H3/p+1. The van der Waals surface area contributed by atoms with Crippen LogP contribution in [-0.2, 0) is 0 Å². The lowest BCUT2D eigenvalue weighted by atomic mass is 10.0. The molecule has 8 nitrogen and oxygen atoms in total. The first-order chi connectivity index (χ1) is 18.2. The first-order valence-corrected chi connectivity index (χ1v) is 17.4. The smallest absolute Gasteiger partial charge is 0.156 e. The molecular formula is C25H35N8S4+. The summed E-state index contributed by atoms with van der Waals surface area (Å²) in [6, 6.07) is 0. The molecular weight excluding hydrogens is 541 g/mol. The highest BCUT2D eigenvalue weighted by Crippen LogP contribution is 2.44. The second kappa shape index (κ2) is 9.02. The Bertz CT molecular complexity index is 1070. The number of fused-ring (bicyclic) bond motifs is 20. The minimum absolute atomic E-state index is 0.252. The molecule has 9 aliphatic heterocycles. The normalized spacial score (nSPS) is 60.3. The van der Waals surface area contributed by atoms with Gasteiger partial charge in [-0.2, -0.15) is 0 Å². The number of hydrogen-bond acceptors (Lipinski definition) is 11. The average molecular weight is 576 g/mol. The Labute approximate surface area is 235 Å². The summed E-state index contributed by atoms with van der Waals surface area (Å²) in [6.07, 6.45) is 12.1. The molecule has 37 heavy (non-hydrogen) atoms. The molecule has 0 radical (unpaired) electrons. The second-order valence-electron chi connectivity index (χ2n) is 11.8. The molecule has 17 atom stereocenters. The molecule has 8 N–H and O–H groups in total. The van der Waals surface area contributed by atoms with Crippen molar-refractivity contribution in [1.82, 2.24) is 37.2 Å². The summed E-state index contributed by atoms with van der Waals surface area (Å²) in [6.45, 7) is 0. The third kappa shape index (κ3) is 3.58. The Morgan fingerprint density at radius 3 is 1.32 bits per heavy atom. The molecule has 9 heterocycles. The van der Waals surface area contributed by atoms with Gasteiger partial charge in [-0.1, -0.05) is 24.3 Å². The van der Waals surface area contributed by atoms with Crippen LogP contribution in [0.3, 0.4) is 0 Å². The van der Waals surface area contributed by atoms with Crippen molar-refractivity contribution >= 4 is 47.0 Å². The van der Waals surface area contributed by atoms with E-state index in [0.717, 1.165) is 0 Å². The maximum absolute atomic E-state index is 4.15. The minimum atomic E-state index is 0.252. The molecule has 9 rings (SSSR count). The number of thioether (sulfide) groups is 4. The van der Waals surface area contributed by atoms with E-state index in [1.165, 1.54) is 0 Å². The zero-order chi connectivity index (χ0) is 24.2. The van der Waals surface area contributed by atoms with Crippen LogP contribution >= 0.6 is 47.0 Å². The van der Waals surface area contributed by atoms with Crippen molar-refractivity contribution in [3.05, 3.63) is 45.9 Å². The van der Waals surface area contributed by atoms with Gasteiger partial charge in [-0.3, -0.25) is 37.2 Å². The van der Waals surface area contributed by atoms with E-state index in [0.29, 0.717) is 57.0 Å². The highest BCUT2D eigenvalue weighted by atomic mass is 32.2. The van der Waals surface area contributed by atoms with Gasteiger partial charge >= 0.3 is 0 Å². The predicted molar refractivity (Wildman–Crippen MR) is 155 cm³/mol. The zero-order valence-corrected chi connectivity index (χ0v) is 23.8. The summed E-state index contributed by atoms with van der Waals surface area (Å²) < 4.78 is 0. The Kier molecular flexibility index (Phi) is 5.78. The summed E-state index contributed by atoms with van der Waals surface area (Å²) in [5.41, 5.74) is 0. The van der Waals surface area contributed by atoms with Crippen molar-refractivity contribution in [3.63, 3.8) is 0 Å². The van der Waals surface area contributed by atoms with E-state index in [4.69, 9.17) is 0 Å². The summed E-state index contributed by atoms with van der Waals surface area (Å²) in [5, 5.41) is 39.8. The summed E-state index contributed by atoms with van der Waals surface area (Å²) >= 11 is 7.99. The third-order valence-corrected chi connectivity index (χ3v) is 14.9. The van der Waals surface area contributed by atoms with Crippen LogP contribution < -0.4 is 42.1 Å². The van der Waals surface area contributed by atoms with Crippen LogP contribution in [0.1, 0.15) is 0 Å². The fourth-order valence-corrected chi connectivity index (χ4v) is 13.1. The Morgan fingerprint density at radius 2 is 0.811 bits per heavy atom. The van der Waals surface area contributed by atoms with Gasteiger partial charge in [-0.05, 0) is 21.6 Å². The zero-order valence-electron chi connectivity index (χ0n) is 20.5. The Hall–Kier alpha value is 0.0400. The number of nitrogens with one attached hydrogen (secondary N) is 8. The van der Waals surface area contributed by atoms with Gasteiger partial charge in [-0.25, -0.2) is 0 Å². The highest BCUT2D eigenvalue weighted by molar-refractivity contribution is 8.03. The number of quaternary nitrogens is 1. The lowest BCUT2D eigenvalue weighted by molar-refractivity contribution is -0.924. The van der Waals surface area contributed by atoms with E-state index >= 15 is 0 Å². The van der Waals surface area contributed by atoms with E-state index in [9.17, 15) is 0 Å². The Morgan fingerprint density at radius 1 is 0.432 bits per heavy atom. The van der Waals surface area contributed by atoms with Gasteiger partial charge in [0.2, 0.25) is 0 Å². The van der Waals surface area contributed by atoms with Crippen LogP contribution in [0.25, 0.3) is 0 Å². The van der Waals surface area contributed by atoms with Gasteiger partial charge in [0.15, 0.2) is 12.3 Å². The van der Waals surface area contributed by atoms with Crippen molar-refractivity contribution < 1.29 is 4.90 Å². The van der Waals surface area contributed by atoms with Gasteiger partial charge in [0, 0.05) is 33.5 Å². The summed E-state index contributed by atoms with van der Waals surface area (Å²) in [5.74, 6) is 2.00. The lowest BCUT2D eigenvalue weighted by Gasteiger charge is -2.32. The molecule has 5 fully saturated rings. The van der Waals surface area contributed by atoms with Gasteiger partial charge in [0.25, 0.3) is 0 Å². The molecule has 8 bridgehead atoms. The molecule has 0 aliphatic carbocycles. The molecule has 0 saturated carbocycles. The lowest BCUT2D eigenvalue weighted by Crippen LogP contribution is -3.19. The van der Waals surface area contributed by atoms with E-state index in [1.54, 1.807) is 4.90 Å². The van der Waals surface area contributed by atoms with Crippen LogP contribution in [0.15, 0.2) is 45.9 Å². The average Bonchev–Trinajstić information content (AvgIpc) is 3.72. The molecule has 0 aromatic carbocycles. The molecule has 12 heteroatoms. The van der Waals surface area contributed by atoms with Crippen LogP contribution in [0, 0.1) is 23.7 Å². The first-order valence-electron chi connectivity index (χ1n) is 13.7. The van der Waals surface area contributed by atoms with Crippen molar-refractivity contribution in [3.8, 4) is 0 Å². The molecule has 0 amide bonds. The maximum Gasteiger partial charge on any atom is 0.156 e. The predicted octanol–water partition coefficient (Wildman–Crippen LogP) is -0.714. The maximum atomic E-state index is 4.15. The molecule has 0 spiro atoms. The van der Waals surface area contributed by atoms with Crippen LogP contribution in [0.5, 0.6) is 0 Å². The molecule has 198 valence electrons. The van der Waals surface area contributed by atoms with E-state index in [2.05, 4.69) is 90.2 Å². The third-order valence-electron chi connectivity index (χ3n) is 10.0. The minimum Gasteiger partial charge on any atom is -0.306 e. The molecule has 17 unspecified atom stereocenters. The van der Waals surface area contributed by atoms with Crippen LogP contribution in [0.2, 0.25) is 0 Å². The van der Waals surface area contributed by atoms with E-state index in [1.807, 2.05) is 47.0 Å². The fourth-order valence-electron chi connectivity index (χ4n) is 8.22. The SMILES string of the molecule is C[NH+]1C2NC3NC(NC4NC(NC5NC(NC1C1SC=CC12)C1C=CSC51)C1C=CSC41)C1C=CSC31. The Balaban J connectivity index is 1.08. The van der Waals surface area contributed by atoms with Gasteiger partial charge < -0.3 is 4.90 Å². The van der Waals surface area contributed by atoms with Crippen molar-refractivity contribution in [2.24, 2.45) is 23.7 Å². The van der Waals surface area contributed by atoms with Gasteiger partial charge in [0.05, 0.1) is 55.2 Å². The summed E-state index contributed by atoms with van der Waals surface area (Å²) in [4.78, 5) is 1.56. The number of hydrogen-bond donors (Lipinski definition) is 8. The molecule has 0 aromatic rings. The summed E-state index contributed by atoms with van der Waals surface area (Å²) in [7, 11) is 2.39. The quantitative estimate of drug-likeness (QED) is 0.189. The van der Waals surface area contributed by atoms with Crippen LogP contribution in [0.4, 0.5) is 0 Å². The highest BCUT2D eigenvalue weighted by Gasteiger charge is 2.58.